The van der Waals surface area contributed by atoms with Crippen molar-refractivity contribution in [2.45, 2.75) is 74.8 Å². The second-order valence-corrected chi connectivity index (χ2v) is 5.75. The van der Waals surface area contributed by atoms with E-state index in [2.05, 4.69) is 0 Å². The highest BCUT2D eigenvalue weighted by molar-refractivity contribution is 4.93. The Morgan fingerprint density at radius 2 is 1.42 bits per heavy atom. The number of ether oxygens (including phenoxy) is 3. The molecule has 144 valence electrons. The standard InChI is InChI=1S/C13H24O10.HI/c1-2-4-11(8(17)9(18)12(20)21-4)23-13-10(19)7(16)6(15)5(3-14)22-13;/h4-20H,2-3H2,1H3;1H/p-1/t4?,5?,6-,7+,8-,9?,10?,11-,12+,13+;/m1./s1. The maximum absolute atomic E-state index is 10.1. The second-order valence-electron chi connectivity index (χ2n) is 5.75. The van der Waals surface area contributed by atoms with Crippen molar-refractivity contribution in [3.63, 3.8) is 0 Å². The van der Waals surface area contributed by atoms with E-state index in [-0.39, 0.29) is 24.0 Å². The molecule has 10 nitrogen and oxygen atoms in total. The van der Waals surface area contributed by atoms with Gasteiger partial charge in [0.1, 0.15) is 42.7 Å². The molecule has 2 heterocycles. The molecule has 0 aromatic heterocycles. The van der Waals surface area contributed by atoms with Crippen LogP contribution in [0.25, 0.3) is 0 Å². The molecule has 0 aromatic rings. The normalized spacial score (nSPS) is 49.5. The second kappa shape index (κ2) is 9.32. The van der Waals surface area contributed by atoms with Crippen molar-refractivity contribution in [1.82, 2.24) is 0 Å². The van der Waals surface area contributed by atoms with Crippen LogP contribution in [-0.4, -0.2) is 104 Å². The van der Waals surface area contributed by atoms with E-state index < -0.39 is 68.0 Å². The molecule has 0 bridgehead atoms. The lowest BCUT2D eigenvalue weighted by Gasteiger charge is -2.45. The van der Waals surface area contributed by atoms with Gasteiger partial charge in [0, 0.05) is 0 Å². The van der Waals surface area contributed by atoms with Gasteiger partial charge in [0.05, 0.1) is 12.7 Å². The Kier molecular flexibility index (Phi) is 8.69. The van der Waals surface area contributed by atoms with Gasteiger partial charge in [-0.25, -0.2) is 0 Å². The zero-order valence-corrected chi connectivity index (χ0v) is 15.1. The molecule has 11 heteroatoms. The maximum atomic E-state index is 10.1. The average Bonchev–Trinajstić information content (AvgIpc) is 2.55. The molecule has 10 atom stereocenters. The molecule has 2 saturated heterocycles. The van der Waals surface area contributed by atoms with Crippen LogP contribution in [0.3, 0.4) is 0 Å². The first-order valence-corrected chi connectivity index (χ1v) is 7.47. The van der Waals surface area contributed by atoms with Crippen molar-refractivity contribution in [3.05, 3.63) is 0 Å². The Bertz CT molecular complexity index is 384. The molecule has 0 radical (unpaired) electrons. The van der Waals surface area contributed by atoms with Gasteiger partial charge in [0.2, 0.25) is 0 Å². The van der Waals surface area contributed by atoms with E-state index in [9.17, 15) is 30.6 Å². The minimum Gasteiger partial charge on any atom is -1.00 e. The third kappa shape index (κ3) is 4.35. The van der Waals surface area contributed by atoms with Gasteiger partial charge in [-0.1, -0.05) is 6.92 Å². The van der Waals surface area contributed by atoms with E-state index in [0.717, 1.165) is 0 Å². The van der Waals surface area contributed by atoms with Crippen LogP contribution in [0.2, 0.25) is 0 Å². The largest absolute Gasteiger partial charge is 1.00 e. The summed E-state index contributed by atoms with van der Waals surface area (Å²) in [4.78, 5) is 0. The summed E-state index contributed by atoms with van der Waals surface area (Å²) in [6, 6.07) is 0. The third-order valence-electron chi connectivity index (χ3n) is 4.20. The molecule has 0 spiro atoms. The van der Waals surface area contributed by atoms with Crippen molar-refractivity contribution < 1.29 is 73.9 Å². The monoisotopic (exact) mass is 467 g/mol. The molecule has 24 heavy (non-hydrogen) atoms. The molecular weight excluding hydrogens is 443 g/mol. The molecule has 0 amide bonds. The summed E-state index contributed by atoms with van der Waals surface area (Å²) in [5.41, 5.74) is 0. The van der Waals surface area contributed by atoms with E-state index >= 15 is 0 Å². The number of aliphatic hydroxyl groups excluding tert-OH is 7. The van der Waals surface area contributed by atoms with Crippen LogP contribution < -0.4 is 24.0 Å². The summed E-state index contributed by atoms with van der Waals surface area (Å²) in [7, 11) is 0. The van der Waals surface area contributed by atoms with E-state index in [0.29, 0.717) is 6.42 Å². The first kappa shape index (κ1) is 22.4. The quantitative estimate of drug-likeness (QED) is 0.197. The van der Waals surface area contributed by atoms with Crippen molar-refractivity contribution in [3.8, 4) is 0 Å². The summed E-state index contributed by atoms with van der Waals surface area (Å²) < 4.78 is 15.8. The molecule has 0 aliphatic carbocycles. The van der Waals surface area contributed by atoms with Gasteiger partial charge in [0.15, 0.2) is 12.6 Å². The van der Waals surface area contributed by atoms with Gasteiger partial charge in [-0.3, -0.25) is 0 Å². The fraction of sp³-hybridized carbons (Fsp3) is 1.00. The molecule has 2 aliphatic heterocycles. The predicted molar refractivity (Wildman–Crippen MR) is 71.8 cm³/mol. The molecule has 0 aromatic carbocycles. The molecule has 4 unspecified atom stereocenters. The van der Waals surface area contributed by atoms with Crippen LogP contribution in [0, 0.1) is 0 Å². The Morgan fingerprint density at radius 3 is 1.96 bits per heavy atom. The first-order chi connectivity index (χ1) is 10.8. The zero-order valence-electron chi connectivity index (χ0n) is 12.9. The summed E-state index contributed by atoms with van der Waals surface area (Å²) in [6.45, 7) is 1.08. The highest BCUT2D eigenvalue weighted by Crippen LogP contribution is 2.29. The van der Waals surface area contributed by atoms with Crippen LogP contribution in [0.5, 0.6) is 0 Å². The summed E-state index contributed by atoms with van der Waals surface area (Å²) in [6.07, 6.45) is -13.8. The van der Waals surface area contributed by atoms with Crippen molar-refractivity contribution in [2.75, 3.05) is 6.61 Å². The Balaban J connectivity index is 0.00000288. The van der Waals surface area contributed by atoms with Crippen LogP contribution in [0.15, 0.2) is 0 Å². The van der Waals surface area contributed by atoms with Gasteiger partial charge in [-0.2, -0.15) is 0 Å². The Morgan fingerprint density at radius 1 is 0.792 bits per heavy atom. The molecular formula is C13H24IO10-. The summed E-state index contributed by atoms with van der Waals surface area (Å²) >= 11 is 0. The van der Waals surface area contributed by atoms with Crippen LogP contribution in [0.1, 0.15) is 13.3 Å². The third-order valence-corrected chi connectivity index (χ3v) is 4.20. The van der Waals surface area contributed by atoms with Gasteiger partial charge in [-0.05, 0) is 6.42 Å². The molecule has 2 aliphatic rings. The first-order valence-electron chi connectivity index (χ1n) is 7.47. The average molecular weight is 467 g/mol. The molecule has 2 fully saturated rings. The number of hydrogen-bond acceptors (Lipinski definition) is 10. The van der Waals surface area contributed by atoms with E-state index in [1.807, 2.05) is 0 Å². The van der Waals surface area contributed by atoms with Crippen molar-refractivity contribution in [2.24, 2.45) is 0 Å². The van der Waals surface area contributed by atoms with E-state index in [1.165, 1.54) is 0 Å². The van der Waals surface area contributed by atoms with Crippen LogP contribution >= 0.6 is 0 Å². The SMILES string of the molecule is CCC1O[C@H](O)C(O)[C@@H](O)[C@@H]1O[C@@H]1OC(CO)[C@@H](O)[C@H](O)C1O.[I-]. The minimum absolute atomic E-state index is 0. The van der Waals surface area contributed by atoms with E-state index in [4.69, 9.17) is 19.3 Å². The zero-order chi connectivity index (χ0) is 17.3. The van der Waals surface area contributed by atoms with Crippen molar-refractivity contribution >= 4 is 0 Å². The van der Waals surface area contributed by atoms with Crippen LogP contribution in [-0.2, 0) is 14.2 Å². The summed E-state index contributed by atoms with van der Waals surface area (Å²) in [5.74, 6) is 0. The number of aliphatic hydroxyl groups is 7. The Hall–Kier alpha value is 0.330. The fourth-order valence-corrected chi connectivity index (χ4v) is 2.75. The molecule has 7 N–H and O–H groups in total. The highest BCUT2D eigenvalue weighted by atomic mass is 127. The van der Waals surface area contributed by atoms with E-state index in [1.54, 1.807) is 6.92 Å². The Labute approximate surface area is 155 Å². The molecule has 0 saturated carbocycles. The van der Waals surface area contributed by atoms with Gasteiger partial charge in [-0.15, -0.1) is 0 Å². The number of halogens is 1. The topological polar surface area (TPSA) is 169 Å². The lowest BCUT2D eigenvalue weighted by Crippen LogP contribution is -3.00. The lowest BCUT2D eigenvalue weighted by atomic mass is 9.96. The number of rotatable bonds is 4. The number of hydrogen-bond donors (Lipinski definition) is 7. The summed E-state index contributed by atoms with van der Waals surface area (Å²) in [5, 5.41) is 67.8. The van der Waals surface area contributed by atoms with Crippen molar-refractivity contribution in [1.29, 1.82) is 0 Å². The lowest BCUT2D eigenvalue weighted by molar-refractivity contribution is -0.353. The van der Waals surface area contributed by atoms with Gasteiger partial charge < -0.3 is 73.9 Å². The molecule has 2 rings (SSSR count). The smallest absolute Gasteiger partial charge is 0.187 e. The maximum Gasteiger partial charge on any atom is 0.187 e. The minimum atomic E-state index is -1.64. The fourth-order valence-electron chi connectivity index (χ4n) is 2.75. The highest BCUT2D eigenvalue weighted by Gasteiger charge is 2.49. The van der Waals surface area contributed by atoms with Crippen LogP contribution in [0.4, 0.5) is 0 Å². The van der Waals surface area contributed by atoms with Gasteiger partial charge >= 0.3 is 0 Å². The predicted octanol–water partition coefficient (Wildman–Crippen LogP) is -6.98. The van der Waals surface area contributed by atoms with Gasteiger partial charge in [0.25, 0.3) is 0 Å².